The maximum atomic E-state index is 12.0. The first-order valence-electron chi connectivity index (χ1n) is 5.60. The molecule has 1 amide bonds. The van der Waals surface area contributed by atoms with Crippen LogP contribution in [0.2, 0.25) is 0 Å². The lowest BCUT2D eigenvalue weighted by Crippen LogP contribution is -2.23. The molecule has 0 spiro atoms. The van der Waals surface area contributed by atoms with Crippen LogP contribution >= 0.6 is 0 Å². The van der Waals surface area contributed by atoms with E-state index in [0.29, 0.717) is 0 Å². The molecule has 0 radical (unpaired) electrons. The molecule has 0 bridgehead atoms. The average Bonchev–Trinajstić information content (AvgIpc) is 2.46. The summed E-state index contributed by atoms with van der Waals surface area (Å²) in [4.78, 5) is 12.0. The number of amides is 1. The maximum absolute atomic E-state index is 12.0. The van der Waals surface area contributed by atoms with Crippen molar-refractivity contribution in [2.45, 2.75) is 26.7 Å². The van der Waals surface area contributed by atoms with Crippen LogP contribution in [0.4, 0.5) is 0 Å². The zero-order chi connectivity index (χ0) is 11.7. The van der Waals surface area contributed by atoms with Crippen molar-refractivity contribution < 1.29 is 9.53 Å². The first-order valence-corrected chi connectivity index (χ1v) is 5.60. The van der Waals surface area contributed by atoms with Crippen molar-refractivity contribution in [1.29, 1.82) is 0 Å². The third kappa shape index (κ3) is 1.66. The molecule has 1 aromatic carbocycles. The molecule has 0 fully saturated rings. The highest BCUT2D eigenvalue weighted by Gasteiger charge is 2.21. The topological polar surface area (TPSA) is 38.3 Å². The summed E-state index contributed by atoms with van der Waals surface area (Å²) in [5.41, 5.74) is 4.08. The van der Waals surface area contributed by atoms with E-state index in [1.54, 1.807) is 7.11 Å². The molecule has 2 rings (SSSR count). The number of fused-ring (bicyclic) bond motifs is 1. The molecule has 1 N–H and O–H groups in total. The van der Waals surface area contributed by atoms with Crippen molar-refractivity contribution in [3.63, 3.8) is 0 Å². The van der Waals surface area contributed by atoms with Gasteiger partial charge in [0.05, 0.1) is 7.11 Å². The number of carbonyl (C=O) groups excluding carboxylic acids is 1. The van der Waals surface area contributed by atoms with Crippen LogP contribution in [-0.4, -0.2) is 19.6 Å². The van der Waals surface area contributed by atoms with Crippen LogP contribution in [0.5, 0.6) is 5.75 Å². The van der Waals surface area contributed by atoms with Crippen molar-refractivity contribution in [1.82, 2.24) is 5.32 Å². The van der Waals surface area contributed by atoms with E-state index >= 15 is 0 Å². The molecule has 1 heterocycles. The molecular weight excluding hydrogens is 202 g/mol. The fourth-order valence-corrected chi connectivity index (χ4v) is 2.34. The first-order chi connectivity index (χ1) is 7.65. The highest BCUT2D eigenvalue weighted by atomic mass is 16.5. The summed E-state index contributed by atoms with van der Waals surface area (Å²) < 4.78 is 5.30. The zero-order valence-corrected chi connectivity index (χ0v) is 10.0. The number of rotatable bonds is 1. The summed E-state index contributed by atoms with van der Waals surface area (Å²) in [5.74, 6) is 0.834. The molecule has 0 unspecified atom stereocenters. The molecule has 1 aromatic rings. The highest BCUT2D eigenvalue weighted by Crippen LogP contribution is 2.29. The van der Waals surface area contributed by atoms with E-state index in [4.69, 9.17) is 4.74 Å². The summed E-state index contributed by atoms with van der Waals surface area (Å²) in [6, 6.07) is 2.02. The molecule has 0 aromatic heterocycles. The number of nitrogens with one attached hydrogen (secondary N) is 1. The largest absolute Gasteiger partial charge is 0.496 e. The standard InChI is InChI=1S/C13H17NO2/c1-8-7-11(16-3)9(2)12-10(8)5-4-6-14-13(12)15/h7H,4-6H2,1-3H3,(H,14,15). The highest BCUT2D eigenvalue weighted by molar-refractivity contribution is 5.98. The van der Waals surface area contributed by atoms with Crippen LogP contribution in [0.25, 0.3) is 0 Å². The summed E-state index contributed by atoms with van der Waals surface area (Å²) in [7, 11) is 1.64. The molecule has 0 atom stereocenters. The van der Waals surface area contributed by atoms with Crippen LogP contribution in [0.15, 0.2) is 6.07 Å². The summed E-state index contributed by atoms with van der Waals surface area (Å²) in [5, 5.41) is 2.93. The lowest BCUT2D eigenvalue weighted by atomic mass is 9.93. The Kier molecular flexibility index (Phi) is 2.86. The second kappa shape index (κ2) is 4.16. The van der Waals surface area contributed by atoms with E-state index in [2.05, 4.69) is 5.32 Å². The predicted molar refractivity (Wildman–Crippen MR) is 63.1 cm³/mol. The lowest BCUT2D eigenvalue weighted by molar-refractivity contribution is 0.0955. The van der Waals surface area contributed by atoms with Crippen LogP contribution in [0, 0.1) is 13.8 Å². The van der Waals surface area contributed by atoms with Gasteiger partial charge in [0.25, 0.3) is 5.91 Å². The number of hydrogen-bond acceptors (Lipinski definition) is 2. The van der Waals surface area contributed by atoms with E-state index in [-0.39, 0.29) is 5.91 Å². The molecule has 0 aliphatic carbocycles. The summed E-state index contributed by atoms with van der Waals surface area (Å²) in [6.45, 7) is 4.75. The molecule has 3 heteroatoms. The van der Waals surface area contributed by atoms with E-state index < -0.39 is 0 Å². The molecular formula is C13H17NO2. The van der Waals surface area contributed by atoms with Gasteiger partial charge in [-0.3, -0.25) is 4.79 Å². The van der Waals surface area contributed by atoms with Gasteiger partial charge in [0.15, 0.2) is 0 Å². The molecule has 0 saturated carbocycles. The first kappa shape index (κ1) is 11.0. The van der Waals surface area contributed by atoms with Gasteiger partial charge in [0.1, 0.15) is 5.75 Å². The van der Waals surface area contributed by atoms with Gasteiger partial charge in [0, 0.05) is 17.7 Å². The van der Waals surface area contributed by atoms with Crippen LogP contribution in [-0.2, 0) is 6.42 Å². The van der Waals surface area contributed by atoms with Crippen molar-refractivity contribution >= 4 is 5.91 Å². The second-order valence-corrected chi connectivity index (χ2v) is 4.23. The quantitative estimate of drug-likeness (QED) is 0.784. The summed E-state index contributed by atoms with van der Waals surface area (Å²) in [6.07, 6.45) is 1.97. The van der Waals surface area contributed by atoms with Gasteiger partial charge in [-0.05, 0) is 43.9 Å². The number of benzene rings is 1. The minimum Gasteiger partial charge on any atom is -0.496 e. The van der Waals surface area contributed by atoms with Gasteiger partial charge in [-0.15, -0.1) is 0 Å². The third-order valence-corrected chi connectivity index (χ3v) is 3.21. The SMILES string of the molecule is COc1cc(C)c2c(c1C)C(=O)NCCC2. The number of ether oxygens (including phenoxy) is 1. The minimum atomic E-state index is 0.0343. The molecule has 86 valence electrons. The fourth-order valence-electron chi connectivity index (χ4n) is 2.34. The van der Waals surface area contributed by atoms with Crippen molar-refractivity contribution in [3.8, 4) is 5.75 Å². The smallest absolute Gasteiger partial charge is 0.251 e. The van der Waals surface area contributed by atoms with Gasteiger partial charge < -0.3 is 10.1 Å². The Morgan fingerprint density at radius 2 is 2.12 bits per heavy atom. The van der Waals surface area contributed by atoms with E-state index in [0.717, 1.165) is 41.8 Å². The van der Waals surface area contributed by atoms with Gasteiger partial charge in [0.2, 0.25) is 0 Å². The molecule has 16 heavy (non-hydrogen) atoms. The Hall–Kier alpha value is -1.51. The number of methoxy groups -OCH3 is 1. The van der Waals surface area contributed by atoms with E-state index in [1.807, 2.05) is 19.9 Å². The van der Waals surface area contributed by atoms with Crippen LogP contribution in [0.1, 0.15) is 33.5 Å². The normalized spacial score (nSPS) is 15.1. The predicted octanol–water partition coefficient (Wildman–Crippen LogP) is 1.99. The molecule has 3 nitrogen and oxygen atoms in total. The Balaban J connectivity index is 2.67. The molecule has 0 saturated heterocycles. The number of aryl methyl sites for hydroxylation is 1. The van der Waals surface area contributed by atoms with Crippen molar-refractivity contribution in [2.75, 3.05) is 13.7 Å². The average molecular weight is 219 g/mol. The van der Waals surface area contributed by atoms with E-state index in [1.165, 1.54) is 5.56 Å². The third-order valence-electron chi connectivity index (χ3n) is 3.21. The van der Waals surface area contributed by atoms with Gasteiger partial charge in [-0.25, -0.2) is 0 Å². The monoisotopic (exact) mass is 219 g/mol. The molecule has 1 aliphatic rings. The summed E-state index contributed by atoms with van der Waals surface area (Å²) >= 11 is 0. The number of hydrogen-bond donors (Lipinski definition) is 1. The Morgan fingerprint density at radius 3 is 2.81 bits per heavy atom. The Bertz CT molecular complexity index is 438. The van der Waals surface area contributed by atoms with Crippen LogP contribution < -0.4 is 10.1 Å². The zero-order valence-electron chi connectivity index (χ0n) is 10.0. The van der Waals surface area contributed by atoms with Crippen molar-refractivity contribution in [3.05, 3.63) is 28.3 Å². The minimum absolute atomic E-state index is 0.0343. The molecule has 1 aliphatic heterocycles. The second-order valence-electron chi connectivity index (χ2n) is 4.23. The lowest BCUT2D eigenvalue weighted by Gasteiger charge is -2.15. The Labute approximate surface area is 95.8 Å². The van der Waals surface area contributed by atoms with Crippen LogP contribution in [0.3, 0.4) is 0 Å². The fraction of sp³-hybridized carbons (Fsp3) is 0.462. The van der Waals surface area contributed by atoms with E-state index in [9.17, 15) is 4.79 Å². The number of carbonyl (C=O) groups is 1. The van der Waals surface area contributed by atoms with Gasteiger partial charge in [-0.2, -0.15) is 0 Å². The Morgan fingerprint density at radius 1 is 1.38 bits per heavy atom. The maximum Gasteiger partial charge on any atom is 0.251 e. The van der Waals surface area contributed by atoms with Gasteiger partial charge in [-0.1, -0.05) is 0 Å². The van der Waals surface area contributed by atoms with Gasteiger partial charge >= 0.3 is 0 Å². The van der Waals surface area contributed by atoms with Crippen molar-refractivity contribution in [2.24, 2.45) is 0 Å².